The number of nitro groups is 1. The molecule has 4 rings (SSSR count). The fraction of sp³-hybridized carbons (Fsp3) is 0.160. The molecule has 0 saturated heterocycles. The molecule has 0 atom stereocenters. The number of nitro benzene ring substituents is 1. The van der Waals surface area contributed by atoms with Gasteiger partial charge in [-0.3, -0.25) is 14.9 Å². The molecule has 8 nitrogen and oxygen atoms in total. The van der Waals surface area contributed by atoms with E-state index < -0.39 is 4.92 Å². The van der Waals surface area contributed by atoms with Gasteiger partial charge in [0.1, 0.15) is 18.2 Å². The Morgan fingerprint density at radius 1 is 1.17 bits per heavy atom. The second-order valence-corrected chi connectivity index (χ2v) is 8.96. The Hall–Kier alpha value is -3.92. The summed E-state index contributed by atoms with van der Waals surface area (Å²) in [4.78, 5) is 28.8. The second kappa shape index (κ2) is 10.1. The van der Waals surface area contributed by atoms with E-state index in [4.69, 9.17) is 4.74 Å². The van der Waals surface area contributed by atoms with Crippen molar-refractivity contribution < 1.29 is 14.1 Å². The average Bonchev–Trinajstić information content (AvgIpc) is 2.83. The molecule has 0 radical (unpaired) electrons. The minimum absolute atomic E-state index is 0.0417. The molecule has 0 N–H and O–H groups in total. The van der Waals surface area contributed by atoms with Crippen LogP contribution < -0.4 is 10.3 Å². The van der Waals surface area contributed by atoms with Crippen molar-refractivity contribution >= 4 is 38.7 Å². The monoisotopic (exact) mass is 538 g/mol. The molecule has 0 saturated carbocycles. The quantitative estimate of drug-likeness (QED) is 0.168. The molecule has 0 fully saturated rings. The van der Waals surface area contributed by atoms with Gasteiger partial charge in [0, 0.05) is 22.0 Å². The Balaban J connectivity index is 1.67. The van der Waals surface area contributed by atoms with Gasteiger partial charge in [-0.25, -0.2) is 9.37 Å². The van der Waals surface area contributed by atoms with Gasteiger partial charge < -0.3 is 4.74 Å². The maximum absolute atomic E-state index is 13.1. The van der Waals surface area contributed by atoms with E-state index in [2.05, 4.69) is 26.0 Å². The summed E-state index contributed by atoms with van der Waals surface area (Å²) >= 11 is 3.37. The summed E-state index contributed by atoms with van der Waals surface area (Å²) in [6.07, 6.45) is 1.37. The lowest BCUT2D eigenvalue weighted by atomic mass is 10.2. The molecule has 10 heteroatoms. The van der Waals surface area contributed by atoms with E-state index in [9.17, 15) is 19.3 Å². The minimum Gasteiger partial charge on any atom is -0.482 e. The Morgan fingerprint density at radius 3 is 2.60 bits per heavy atom. The minimum atomic E-state index is -0.557. The number of halogens is 2. The molecule has 35 heavy (non-hydrogen) atoms. The molecular formula is C25H20BrFN4O4. The van der Waals surface area contributed by atoms with Crippen LogP contribution in [0.15, 0.2) is 75.0 Å². The third-order valence-electron chi connectivity index (χ3n) is 5.16. The van der Waals surface area contributed by atoms with E-state index in [1.54, 1.807) is 30.3 Å². The third kappa shape index (κ3) is 5.43. The summed E-state index contributed by atoms with van der Waals surface area (Å²) < 4.78 is 20.6. The van der Waals surface area contributed by atoms with Gasteiger partial charge in [-0.1, -0.05) is 41.9 Å². The normalized spacial score (nSPS) is 11.5. The zero-order valence-corrected chi connectivity index (χ0v) is 20.4. The predicted octanol–water partition coefficient (Wildman–Crippen LogP) is 5.79. The summed E-state index contributed by atoms with van der Waals surface area (Å²) in [5, 5.41) is 16.4. The predicted molar refractivity (Wildman–Crippen MR) is 135 cm³/mol. The number of hydrogen-bond acceptors (Lipinski definition) is 6. The second-order valence-electron chi connectivity index (χ2n) is 8.05. The summed E-state index contributed by atoms with van der Waals surface area (Å²) in [6, 6.07) is 15.3. The highest BCUT2D eigenvalue weighted by molar-refractivity contribution is 9.10. The molecule has 0 spiro atoms. The smallest absolute Gasteiger partial charge is 0.311 e. The fourth-order valence-electron chi connectivity index (χ4n) is 3.40. The van der Waals surface area contributed by atoms with Gasteiger partial charge in [0.25, 0.3) is 5.56 Å². The topological polar surface area (TPSA) is 99.6 Å². The number of benzene rings is 3. The molecule has 1 aromatic heterocycles. The summed E-state index contributed by atoms with van der Waals surface area (Å²) in [7, 11) is 0. The maximum Gasteiger partial charge on any atom is 0.311 e. The Labute approximate surface area is 208 Å². The van der Waals surface area contributed by atoms with Crippen LogP contribution >= 0.6 is 15.9 Å². The van der Waals surface area contributed by atoms with Gasteiger partial charge in [0.05, 0.1) is 22.0 Å². The van der Waals surface area contributed by atoms with Crippen molar-refractivity contribution in [1.29, 1.82) is 0 Å². The first-order valence-corrected chi connectivity index (χ1v) is 11.4. The Kier molecular flexibility index (Phi) is 7.02. The lowest BCUT2D eigenvalue weighted by molar-refractivity contribution is -0.385. The number of rotatable bonds is 7. The van der Waals surface area contributed by atoms with E-state index >= 15 is 0 Å². The van der Waals surface area contributed by atoms with Gasteiger partial charge >= 0.3 is 5.69 Å². The first-order chi connectivity index (χ1) is 16.7. The maximum atomic E-state index is 13.1. The standard InChI is InChI=1S/C25H20BrFN4O4/c1-15(2)24-29-21-9-6-18(26)12-20(21)25(32)30(24)28-13-17-5-10-23(22(11-17)31(33)34)35-14-16-3-7-19(27)8-4-16/h3-13,15H,14H2,1-2H3. The molecule has 0 bridgehead atoms. The summed E-state index contributed by atoms with van der Waals surface area (Å²) in [6.45, 7) is 3.84. The van der Waals surface area contributed by atoms with Crippen molar-refractivity contribution in [3.63, 3.8) is 0 Å². The lowest BCUT2D eigenvalue weighted by Crippen LogP contribution is -2.23. The molecule has 0 aliphatic rings. The van der Waals surface area contributed by atoms with Crippen molar-refractivity contribution in [3.8, 4) is 5.75 Å². The number of ether oxygens (including phenoxy) is 1. The SMILES string of the molecule is CC(C)c1nc2ccc(Br)cc2c(=O)n1N=Cc1ccc(OCc2ccc(F)cc2)c([N+](=O)[O-])c1. The van der Waals surface area contributed by atoms with Gasteiger partial charge in [-0.15, -0.1) is 0 Å². The third-order valence-corrected chi connectivity index (χ3v) is 5.65. The highest BCUT2D eigenvalue weighted by Crippen LogP contribution is 2.28. The Bertz CT molecular complexity index is 1500. The van der Waals surface area contributed by atoms with Crippen LogP contribution in [0.1, 0.15) is 36.7 Å². The van der Waals surface area contributed by atoms with Crippen LogP contribution in [-0.4, -0.2) is 20.8 Å². The first-order valence-electron chi connectivity index (χ1n) is 10.6. The van der Waals surface area contributed by atoms with Crippen LogP contribution in [0, 0.1) is 15.9 Å². The summed E-state index contributed by atoms with van der Waals surface area (Å²) in [5.41, 5.74) is 1.04. The number of fused-ring (bicyclic) bond motifs is 1. The van der Waals surface area contributed by atoms with Gasteiger partial charge in [-0.05, 0) is 48.0 Å². The molecular weight excluding hydrogens is 519 g/mol. The van der Waals surface area contributed by atoms with Crippen molar-refractivity contribution in [2.45, 2.75) is 26.4 Å². The van der Waals surface area contributed by atoms with Crippen LogP contribution in [0.3, 0.4) is 0 Å². The molecule has 0 unspecified atom stereocenters. The number of hydrogen-bond donors (Lipinski definition) is 0. The van der Waals surface area contributed by atoms with E-state index in [1.807, 2.05) is 19.9 Å². The molecule has 178 valence electrons. The van der Waals surface area contributed by atoms with E-state index in [0.29, 0.717) is 27.9 Å². The molecule has 4 aromatic rings. The van der Waals surface area contributed by atoms with Crippen molar-refractivity contribution in [2.24, 2.45) is 5.10 Å². The lowest BCUT2D eigenvalue weighted by Gasteiger charge is -2.12. The van der Waals surface area contributed by atoms with E-state index in [1.165, 1.54) is 35.2 Å². The molecule has 1 heterocycles. The van der Waals surface area contributed by atoms with Gasteiger partial charge in [-0.2, -0.15) is 9.78 Å². The van der Waals surface area contributed by atoms with Crippen molar-refractivity contribution in [2.75, 3.05) is 0 Å². The van der Waals surface area contributed by atoms with Crippen molar-refractivity contribution in [1.82, 2.24) is 9.66 Å². The number of aromatic nitrogens is 2. The largest absolute Gasteiger partial charge is 0.482 e. The molecule has 0 amide bonds. The van der Waals surface area contributed by atoms with Gasteiger partial charge in [0.15, 0.2) is 5.75 Å². The van der Waals surface area contributed by atoms with Crippen molar-refractivity contribution in [3.05, 3.63) is 108 Å². The molecule has 3 aromatic carbocycles. The first kappa shape index (κ1) is 24.2. The number of nitrogens with zero attached hydrogens (tertiary/aromatic N) is 4. The zero-order valence-electron chi connectivity index (χ0n) is 18.8. The fourth-order valence-corrected chi connectivity index (χ4v) is 3.76. The van der Waals surface area contributed by atoms with E-state index in [-0.39, 0.29) is 35.3 Å². The summed E-state index contributed by atoms with van der Waals surface area (Å²) in [5.74, 6) is 0.0605. The highest BCUT2D eigenvalue weighted by Gasteiger charge is 2.17. The highest BCUT2D eigenvalue weighted by atomic mass is 79.9. The van der Waals surface area contributed by atoms with Crippen LogP contribution in [0.2, 0.25) is 0 Å². The van der Waals surface area contributed by atoms with Crippen LogP contribution in [0.25, 0.3) is 10.9 Å². The van der Waals surface area contributed by atoms with Crippen LogP contribution in [-0.2, 0) is 6.61 Å². The van der Waals surface area contributed by atoms with Gasteiger partial charge in [0.2, 0.25) is 0 Å². The Morgan fingerprint density at radius 2 is 1.91 bits per heavy atom. The molecule has 0 aliphatic carbocycles. The van der Waals surface area contributed by atoms with E-state index in [0.717, 1.165) is 4.47 Å². The zero-order chi connectivity index (χ0) is 25.1. The molecule has 0 aliphatic heterocycles. The van der Waals surface area contributed by atoms with Crippen LogP contribution in [0.5, 0.6) is 5.75 Å². The average molecular weight is 539 g/mol. The van der Waals surface area contributed by atoms with Crippen LogP contribution in [0.4, 0.5) is 10.1 Å².